The van der Waals surface area contributed by atoms with Crippen LogP contribution in [0.3, 0.4) is 0 Å². The highest BCUT2D eigenvalue weighted by molar-refractivity contribution is 9.10. The summed E-state index contributed by atoms with van der Waals surface area (Å²) in [6.07, 6.45) is 1.92. The molecule has 18 heteroatoms. The van der Waals surface area contributed by atoms with Crippen molar-refractivity contribution < 1.29 is 26.4 Å². The number of pyridine rings is 2. The topological polar surface area (TPSA) is 159 Å². The van der Waals surface area contributed by atoms with Crippen LogP contribution in [0.5, 0.6) is 0 Å². The summed E-state index contributed by atoms with van der Waals surface area (Å²) in [5.41, 5.74) is 2.61. The summed E-state index contributed by atoms with van der Waals surface area (Å²) < 4.78 is 55.9. The normalized spacial score (nSPS) is 17.3. The second-order valence-corrected chi connectivity index (χ2v) is 36.7. The number of carbonyl (C=O) groups excluding carboxylic acids is 2. The lowest BCUT2D eigenvalue weighted by Gasteiger charge is -2.35. The van der Waals surface area contributed by atoms with E-state index in [1.54, 1.807) is 54.6 Å². The number of sulfonamides is 2. The minimum Gasteiger partial charge on any atom is -0.351 e. The molecule has 0 spiro atoms. The third-order valence-electron chi connectivity index (χ3n) is 13.6. The van der Waals surface area contributed by atoms with Crippen molar-refractivity contribution in [3.05, 3.63) is 160 Å². The molecule has 2 aliphatic rings. The van der Waals surface area contributed by atoms with Crippen LogP contribution < -0.4 is 34.9 Å². The second kappa shape index (κ2) is 23.0. The quantitative estimate of drug-likeness (QED) is 0.0727. The van der Waals surface area contributed by atoms with Gasteiger partial charge >= 0.3 is 0 Å². The van der Waals surface area contributed by atoms with Crippen molar-refractivity contribution in [2.45, 2.75) is 115 Å². The van der Waals surface area contributed by atoms with E-state index in [1.165, 1.54) is 45.8 Å². The van der Waals surface area contributed by atoms with E-state index in [-0.39, 0.29) is 32.0 Å². The van der Waals surface area contributed by atoms with Crippen molar-refractivity contribution >= 4 is 102 Å². The lowest BCUT2D eigenvalue weighted by atomic mass is 9.97. The predicted octanol–water partition coefficient (Wildman–Crippen LogP) is 10.2. The number of aromatic nitrogens is 2. The molecule has 2 N–H and O–H groups in total. The smallest absolute Gasteiger partial charge is 0.268 e. The molecule has 0 unspecified atom stereocenters. The van der Waals surface area contributed by atoms with Gasteiger partial charge < -0.3 is 9.80 Å². The second-order valence-electron chi connectivity index (χ2n) is 21.9. The first-order valence-electron chi connectivity index (χ1n) is 24.7. The number of nitrogens with one attached hydrogen (secondary N) is 2. The zero-order chi connectivity index (χ0) is 54.6. The molecule has 0 aliphatic carbocycles. The van der Waals surface area contributed by atoms with Crippen molar-refractivity contribution in [3.63, 3.8) is 0 Å². The molecule has 2 aliphatic heterocycles. The van der Waals surface area contributed by atoms with Gasteiger partial charge in [0.05, 0.1) is 20.9 Å². The molecule has 4 aromatic carbocycles. The van der Waals surface area contributed by atoms with Gasteiger partial charge in [-0.1, -0.05) is 141 Å². The highest BCUT2D eigenvalue weighted by Gasteiger charge is 2.41. The highest BCUT2D eigenvalue weighted by atomic mass is 79.9. The number of carbonyl (C=O) groups is 2. The Morgan fingerprint density at radius 2 is 0.959 bits per heavy atom. The summed E-state index contributed by atoms with van der Waals surface area (Å²) in [6.45, 7) is 27.3. The Morgan fingerprint density at radius 1 is 0.581 bits per heavy atom. The maximum absolute atomic E-state index is 13.4. The number of rotatable bonds is 11. The van der Waals surface area contributed by atoms with Crippen LogP contribution in [0, 0.1) is 25.7 Å². The number of anilines is 2. The third kappa shape index (κ3) is 14.2. The van der Waals surface area contributed by atoms with Gasteiger partial charge in [0, 0.05) is 29.5 Å². The minimum atomic E-state index is -4.01. The Labute approximate surface area is 454 Å². The first-order valence-corrected chi connectivity index (χ1v) is 35.5. The summed E-state index contributed by atoms with van der Waals surface area (Å²) in [5.74, 6) is 0.554. The first kappa shape index (κ1) is 58.1. The lowest BCUT2D eigenvalue weighted by Crippen LogP contribution is -2.55. The Balaban J connectivity index is 0.000000205. The van der Waals surface area contributed by atoms with Crippen LogP contribution in [0.1, 0.15) is 86.2 Å². The maximum Gasteiger partial charge on any atom is 0.268 e. The number of hydrogen-bond acceptors (Lipinski definition) is 10. The highest BCUT2D eigenvalue weighted by Crippen LogP contribution is 2.39. The molecule has 12 nitrogen and oxygen atoms in total. The number of aryl methyl sites for hydroxylation is 2. The van der Waals surface area contributed by atoms with Crippen molar-refractivity contribution in [3.8, 4) is 0 Å². The number of benzene rings is 4. The van der Waals surface area contributed by atoms with E-state index in [0.29, 0.717) is 28.1 Å². The SMILES string of the molecule is C[C@@H]1CN(c2nc(Br)ccc2C(=O)NS(=O)(=O)c2ccccc2)C(C)(C)C1.Cc1ccc([Si](C)(C)Cl)cc1.Cc1ccc([Si](C)(C)c2ccc(C(=O)NS(=O)(=O)c3ccccc3)c(N3C[C@@H](C)CC3(C)C)n2)cc1. The van der Waals surface area contributed by atoms with Crippen molar-refractivity contribution in [2.24, 2.45) is 11.8 Å². The van der Waals surface area contributed by atoms with E-state index >= 15 is 0 Å². The average Bonchev–Trinajstić information content (AvgIpc) is 3.78. The Hall–Kier alpha value is -5.18. The van der Waals surface area contributed by atoms with E-state index in [9.17, 15) is 26.4 Å². The minimum absolute atomic E-state index is 0.0418. The van der Waals surface area contributed by atoms with Gasteiger partial charge in [-0.25, -0.2) is 36.2 Å². The molecular formula is C56H70BrClN6O6S2Si2. The summed E-state index contributed by atoms with van der Waals surface area (Å²) in [6, 6.07) is 39.7. The Bertz CT molecular complexity index is 3180. The Morgan fingerprint density at radius 3 is 1.34 bits per heavy atom. The van der Waals surface area contributed by atoms with Crippen LogP contribution in [-0.4, -0.2) is 78.2 Å². The van der Waals surface area contributed by atoms with E-state index in [1.807, 2.05) is 6.07 Å². The van der Waals surface area contributed by atoms with Crippen LogP contribution in [0.15, 0.2) is 148 Å². The zero-order valence-electron chi connectivity index (χ0n) is 44.5. The van der Waals surface area contributed by atoms with Crippen LogP contribution in [-0.2, 0) is 20.0 Å². The van der Waals surface area contributed by atoms with Gasteiger partial charge in [-0.05, 0) is 136 Å². The van der Waals surface area contributed by atoms with Gasteiger partial charge in [0.15, 0.2) is 7.38 Å². The van der Waals surface area contributed by atoms with Crippen molar-refractivity contribution in [2.75, 3.05) is 22.9 Å². The van der Waals surface area contributed by atoms with Gasteiger partial charge in [-0.2, -0.15) is 11.1 Å². The Kier molecular flexibility index (Phi) is 18.0. The maximum atomic E-state index is 13.4. The summed E-state index contributed by atoms with van der Waals surface area (Å²) in [4.78, 5) is 40.2. The summed E-state index contributed by atoms with van der Waals surface area (Å²) >= 11 is 9.61. The third-order valence-corrected chi connectivity index (χ3v) is 22.4. The van der Waals surface area contributed by atoms with Crippen LogP contribution in [0.25, 0.3) is 0 Å². The van der Waals surface area contributed by atoms with E-state index in [0.717, 1.165) is 31.2 Å². The molecule has 2 fully saturated rings. The fraction of sp³-hybridized carbons (Fsp3) is 0.357. The molecule has 74 heavy (non-hydrogen) atoms. The standard InChI is InChI=1S/C28H35N3O3SSi.C19H22BrN3O3S.C9H13ClSi/c1-20-12-14-23(15-13-20)36(5,6)25-17-16-24(26(29-25)31-19-21(2)18-28(31,3)4)27(32)30-35(33,34)22-10-8-7-9-11-22;1-13-11-19(2,3)23(12-13)17-15(9-10-16(20)21-17)18(24)22-27(25,26)14-7-5-4-6-8-14;1-8-4-6-9(7-5-8)11(2,3)10/h7-17,21H,18-19H2,1-6H3,(H,30,32);4-10,13H,11-12H2,1-3H3,(H,22,24);4-7H,1-3H3/t21-;13-;/m00./s1. The average molecular weight is 1160 g/mol. The largest absolute Gasteiger partial charge is 0.351 e. The van der Waals surface area contributed by atoms with Crippen LogP contribution >= 0.6 is 27.0 Å². The van der Waals surface area contributed by atoms with Gasteiger partial charge in [0.1, 0.15) is 24.3 Å². The molecule has 4 heterocycles. The molecule has 2 amide bonds. The van der Waals surface area contributed by atoms with Crippen molar-refractivity contribution in [1.82, 2.24) is 19.4 Å². The van der Waals surface area contributed by atoms with E-state index in [2.05, 4.69) is 170 Å². The molecule has 0 bridgehead atoms. The summed E-state index contributed by atoms with van der Waals surface area (Å²) in [5, 5.41) is 3.52. The van der Waals surface area contributed by atoms with Gasteiger partial charge in [0.25, 0.3) is 31.9 Å². The van der Waals surface area contributed by atoms with Gasteiger partial charge in [0.2, 0.25) is 0 Å². The molecule has 0 radical (unpaired) electrons. The molecule has 2 aromatic heterocycles. The molecule has 8 rings (SSSR count). The number of halogens is 2. The van der Waals surface area contributed by atoms with Crippen molar-refractivity contribution in [1.29, 1.82) is 0 Å². The number of amides is 2. The van der Waals surface area contributed by atoms with Crippen LogP contribution in [0.2, 0.25) is 26.2 Å². The van der Waals surface area contributed by atoms with E-state index < -0.39 is 47.3 Å². The fourth-order valence-electron chi connectivity index (χ4n) is 9.65. The number of hydrogen-bond donors (Lipinski definition) is 2. The van der Waals surface area contributed by atoms with Crippen LogP contribution in [0.4, 0.5) is 11.6 Å². The zero-order valence-corrected chi connectivity index (χ0v) is 50.5. The first-order chi connectivity index (χ1) is 34.4. The monoisotopic (exact) mass is 1160 g/mol. The van der Waals surface area contributed by atoms with Gasteiger partial charge in [-0.15, -0.1) is 0 Å². The number of nitrogens with zero attached hydrogens (tertiary/aromatic N) is 4. The molecule has 2 atom stereocenters. The summed E-state index contributed by atoms with van der Waals surface area (Å²) in [7, 11) is -11.7. The fourth-order valence-corrected chi connectivity index (χ4v) is 15.4. The van der Waals surface area contributed by atoms with E-state index in [4.69, 9.17) is 16.1 Å². The predicted molar refractivity (Wildman–Crippen MR) is 311 cm³/mol. The molecule has 6 aromatic rings. The molecule has 2 saturated heterocycles. The lowest BCUT2D eigenvalue weighted by molar-refractivity contribution is 0.0972. The molecular weight excluding hydrogens is 1090 g/mol. The molecule has 394 valence electrons. The van der Waals surface area contributed by atoms with Gasteiger partial charge in [-0.3, -0.25) is 9.59 Å². The molecule has 0 saturated carbocycles.